The van der Waals surface area contributed by atoms with E-state index in [0.717, 1.165) is 37.8 Å². The molecule has 1 aliphatic rings. The van der Waals surface area contributed by atoms with Crippen LogP contribution < -0.4 is 0 Å². The Morgan fingerprint density at radius 2 is 1.57 bits per heavy atom. The molecule has 1 heterocycles. The monoisotopic (exact) mass is 452 g/mol. The minimum Gasteiger partial charge on any atom is -0.437 e. The average Bonchev–Trinajstić information content (AvgIpc) is 2.94. The van der Waals surface area contributed by atoms with E-state index in [4.69, 9.17) is 27.5 Å². The highest BCUT2D eigenvalue weighted by molar-refractivity contribution is 6.87. The van der Waals surface area contributed by atoms with Gasteiger partial charge in [0.1, 0.15) is 6.61 Å². The van der Waals surface area contributed by atoms with Crippen LogP contribution in [0.4, 0.5) is 4.79 Å². The van der Waals surface area contributed by atoms with Crippen LogP contribution in [-0.2, 0) is 22.4 Å². The van der Waals surface area contributed by atoms with Crippen molar-refractivity contribution in [3.63, 3.8) is 0 Å². The molecule has 0 aromatic carbocycles. The summed E-state index contributed by atoms with van der Waals surface area (Å²) >= 11 is 0. The Labute approximate surface area is 173 Å². The zero-order chi connectivity index (χ0) is 21.3. The van der Waals surface area contributed by atoms with Crippen molar-refractivity contribution in [2.75, 3.05) is 26.4 Å². The maximum absolute atomic E-state index is 10.9. The number of unbranched alkanes of at least 4 members (excludes halogenated alkanes) is 2. The first-order chi connectivity index (χ1) is 12.9. The molecule has 0 aromatic heterocycles. The lowest BCUT2D eigenvalue weighted by atomic mass is 10.3. The maximum atomic E-state index is 10.9. The van der Waals surface area contributed by atoms with Gasteiger partial charge < -0.3 is 27.5 Å². The second kappa shape index (κ2) is 11.8. The number of aliphatic hydroxyl groups is 1. The van der Waals surface area contributed by atoms with Crippen LogP contribution in [0.5, 0.6) is 0 Å². The summed E-state index contributed by atoms with van der Waals surface area (Å²) in [7, 11) is -5.77. The first-order valence-corrected chi connectivity index (χ1v) is 19.4. The smallest absolute Gasteiger partial charge is 0.437 e. The Kier molecular flexibility index (Phi) is 10.9. The molecule has 0 saturated carbocycles. The summed E-state index contributed by atoms with van der Waals surface area (Å²) in [5, 5.41) is 8.92. The Morgan fingerprint density at radius 1 is 0.964 bits per heavy atom. The third kappa shape index (κ3) is 11.7. The van der Waals surface area contributed by atoms with E-state index < -0.39 is 31.4 Å². The standard InChI is InChI=1S/C18H40O7Si3/c1-26(2,13-9-7-8-11-19)24-28(5,6)25-27(3,4)14-10-12-21-15-17-16-22-18(20)23-17/h17,19H,7-16H2,1-6H3. The van der Waals surface area contributed by atoms with Crippen molar-refractivity contribution in [2.45, 2.75) is 83.2 Å². The molecule has 1 aliphatic heterocycles. The minimum absolute atomic E-state index is 0.273. The molecule has 1 saturated heterocycles. The van der Waals surface area contributed by atoms with Crippen LogP contribution >= 0.6 is 0 Å². The van der Waals surface area contributed by atoms with Gasteiger partial charge in [-0.1, -0.05) is 12.8 Å². The maximum Gasteiger partial charge on any atom is 0.508 e. The van der Waals surface area contributed by atoms with Gasteiger partial charge in [-0.15, -0.1) is 0 Å². The molecule has 7 nitrogen and oxygen atoms in total. The van der Waals surface area contributed by atoms with Crippen LogP contribution in [0, 0.1) is 0 Å². The van der Waals surface area contributed by atoms with Crippen molar-refractivity contribution >= 4 is 31.4 Å². The third-order valence-electron chi connectivity index (χ3n) is 4.50. The molecule has 0 bridgehead atoms. The Bertz CT molecular complexity index is 472. The van der Waals surface area contributed by atoms with E-state index in [2.05, 4.69) is 39.3 Å². The first-order valence-electron chi connectivity index (χ1n) is 10.4. The lowest BCUT2D eigenvalue weighted by molar-refractivity contribution is 0.0460. The van der Waals surface area contributed by atoms with Crippen molar-refractivity contribution in [3.05, 3.63) is 0 Å². The number of carbonyl (C=O) groups is 1. The van der Waals surface area contributed by atoms with Gasteiger partial charge in [0.25, 0.3) is 0 Å². The molecule has 1 rings (SSSR count). The highest BCUT2D eigenvalue weighted by Crippen LogP contribution is 2.26. The molecule has 28 heavy (non-hydrogen) atoms. The van der Waals surface area contributed by atoms with E-state index in [9.17, 15) is 4.79 Å². The summed E-state index contributed by atoms with van der Waals surface area (Å²) in [4.78, 5) is 10.9. The van der Waals surface area contributed by atoms with Gasteiger partial charge in [0.05, 0.1) is 6.61 Å². The predicted octanol–water partition coefficient (Wildman–Crippen LogP) is 4.24. The molecule has 1 unspecified atom stereocenters. The third-order valence-corrected chi connectivity index (χ3v) is 16.0. The van der Waals surface area contributed by atoms with E-state index >= 15 is 0 Å². The van der Waals surface area contributed by atoms with E-state index in [0.29, 0.717) is 13.2 Å². The summed E-state index contributed by atoms with van der Waals surface area (Å²) < 4.78 is 28.5. The fourth-order valence-electron chi connectivity index (χ4n) is 3.55. The highest BCUT2D eigenvalue weighted by Gasteiger charge is 2.39. The normalized spacial score (nSPS) is 18.2. The molecule has 0 aliphatic carbocycles. The van der Waals surface area contributed by atoms with Gasteiger partial charge in [-0.25, -0.2) is 4.79 Å². The van der Waals surface area contributed by atoms with Gasteiger partial charge in [0.15, 0.2) is 22.7 Å². The van der Waals surface area contributed by atoms with Gasteiger partial charge in [-0.2, -0.15) is 0 Å². The van der Waals surface area contributed by atoms with E-state index in [1.165, 1.54) is 0 Å². The highest BCUT2D eigenvalue weighted by atomic mass is 28.5. The van der Waals surface area contributed by atoms with Crippen LogP contribution in [0.2, 0.25) is 51.4 Å². The molecule has 0 radical (unpaired) electrons. The zero-order valence-electron chi connectivity index (χ0n) is 18.5. The number of rotatable bonds is 15. The van der Waals surface area contributed by atoms with Crippen LogP contribution in [0.3, 0.4) is 0 Å². The van der Waals surface area contributed by atoms with Crippen molar-refractivity contribution < 1.29 is 32.3 Å². The van der Waals surface area contributed by atoms with Gasteiger partial charge in [0.2, 0.25) is 0 Å². The molecule has 166 valence electrons. The van der Waals surface area contributed by atoms with Crippen molar-refractivity contribution in [1.82, 2.24) is 0 Å². The summed E-state index contributed by atoms with van der Waals surface area (Å²) in [5.74, 6) is 0. The van der Waals surface area contributed by atoms with Gasteiger partial charge >= 0.3 is 14.7 Å². The molecule has 1 fully saturated rings. The Balaban J connectivity index is 2.28. The number of hydrogen-bond donors (Lipinski definition) is 1. The lowest BCUT2D eigenvalue weighted by Gasteiger charge is -2.38. The molecule has 1 atom stereocenters. The van der Waals surface area contributed by atoms with E-state index in [1.807, 2.05) is 0 Å². The van der Waals surface area contributed by atoms with Gasteiger partial charge in [0, 0.05) is 13.2 Å². The SMILES string of the molecule is C[Si](C)(CCCCCO)O[Si](C)(C)O[Si](C)(C)CCCOCC1COC(=O)O1. The number of carbonyl (C=O) groups excluding carboxylic acids is 1. The first kappa shape index (κ1) is 25.8. The molecular formula is C18H40O7Si3. The fraction of sp³-hybridized carbons (Fsp3) is 0.944. The molecule has 1 N–H and O–H groups in total. The van der Waals surface area contributed by atoms with Gasteiger partial charge in [-0.05, 0) is 64.2 Å². The molecule has 0 spiro atoms. The van der Waals surface area contributed by atoms with Crippen LogP contribution in [0.25, 0.3) is 0 Å². The van der Waals surface area contributed by atoms with Crippen LogP contribution in [-0.4, -0.2) is 69.0 Å². The molecule has 10 heteroatoms. The van der Waals surface area contributed by atoms with E-state index in [-0.39, 0.29) is 19.3 Å². The van der Waals surface area contributed by atoms with Crippen LogP contribution in [0.1, 0.15) is 25.7 Å². The van der Waals surface area contributed by atoms with Crippen molar-refractivity contribution in [2.24, 2.45) is 0 Å². The number of hydrogen-bond acceptors (Lipinski definition) is 7. The molecule has 0 aromatic rings. The molecular weight excluding hydrogens is 412 g/mol. The number of aliphatic hydroxyl groups excluding tert-OH is 1. The number of ether oxygens (including phenoxy) is 3. The second-order valence-corrected chi connectivity index (χ2v) is 21.6. The topological polar surface area (TPSA) is 83.5 Å². The summed E-state index contributed by atoms with van der Waals surface area (Å²) in [6.07, 6.45) is 3.09. The Hall–Kier alpha value is -0.239. The fourth-order valence-corrected chi connectivity index (χ4v) is 17.7. The van der Waals surface area contributed by atoms with E-state index in [1.54, 1.807) is 0 Å². The zero-order valence-corrected chi connectivity index (χ0v) is 21.5. The summed E-state index contributed by atoms with van der Waals surface area (Å²) in [6, 6.07) is 2.12. The predicted molar refractivity (Wildman–Crippen MR) is 117 cm³/mol. The second-order valence-electron chi connectivity index (χ2n) is 9.14. The van der Waals surface area contributed by atoms with Crippen molar-refractivity contribution in [3.8, 4) is 0 Å². The average molecular weight is 453 g/mol. The minimum atomic E-state index is -2.18. The summed E-state index contributed by atoms with van der Waals surface area (Å²) in [6.45, 7) is 14.9. The number of cyclic esters (lactones) is 2. The Morgan fingerprint density at radius 3 is 2.11 bits per heavy atom. The summed E-state index contributed by atoms with van der Waals surface area (Å²) in [5.41, 5.74) is 0. The quantitative estimate of drug-likeness (QED) is 0.226. The van der Waals surface area contributed by atoms with Crippen LogP contribution in [0.15, 0.2) is 0 Å². The van der Waals surface area contributed by atoms with Gasteiger partial charge in [-0.3, -0.25) is 0 Å². The lowest BCUT2D eigenvalue weighted by Crippen LogP contribution is -2.52. The molecule has 0 amide bonds. The van der Waals surface area contributed by atoms with Crippen molar-refractivity contribution in [1.29, 1.82) is 0 Å². The largest absolute Gasteiger partial charge is 0.508 e.